The fraction of sp³-hybridized carbons (Fsp3) is 0.583. The Hall–Kier alpha value is -1.85. The first-order valence-corrected chi connectivity index (χ1v) is 6.01. The second kappa shape index (κ2) is 6.18. The van der Waals surface area contributed by atoms with Crippen molar-refractivity contribution < 1.29 is 14.3 Å². The summed E-state index contributed by atoms with van der Waals surface area (Å²) in [5.41, 5.74) is 1.22. The number of carbonyl (C=O) groups excluding carboxylic acids is 2. The van der Waals surface area contributed by atoms with Crippen LogP contribution in [0.2, 0.25) is 0 Å². The lowest BCUT2D eigenvalue weighted by Gasteiger charge is -2.12. The fourth-order valence-electron chi connectivity index (χ4n) is 1.57. The summed E-state index contributed by atoms with van der Waals surface area (Å²) in [5, 5.41) is 6.77. The van der Waals surface area contributed by atoms with E-state index in [1.807, 2.05) is 13.8 Å². The molecule has 6 nitrogen and oxygen atoms in total. The standard InChI is InChI=1S/C12H19N3O3/c1-5-15-10(7-8(3)14-15)11(16)13-9(4)12(17)18-6-2/h7,9H,5-6H2,1-4H3,(H,13,16). The molecule has 0 aliphatic carbocycles. The molecule has 0 aliphatic rings. The minimum atomic E-state index is -0.669. The molecule has 0 bridgehead atoms. The summed E-state index contributed by atoms with van der Waals surface area (Å²) in [7, 11) is 0. The van der Waals surface area contributed by atoms with Gasteiger partial charge in [0.2, 0.25) is 0 Å². The van der Waals surface area contributed by atoms with Gasteiger partial charge in [-0.05, 0) is 33.8 Å². The number of rotatable bonds is 5. The smallest absolute Gasteiger partial charge is 0.328 e. The second-order valence-electron chi connectivity index (χ2n) is 3.93. The van der Waals surface area contributed by atoms with E-state index in [1.54, 1.807) is 24.6 Å². The zero-order valence-corrected chi connectivity index (χ0v) is 11.2. The molecule has 0 saturated heterocycles. The first-order valence-electron chi connectivity index (χ1n) is 6.01. The molecule has 1 rings (SSSR count). The summed E-state index contributed by atoms with van der Waals surface area (Å²) < 4.78 is 6.43. The molecule has 1 aromatic rings. The number of esters is 1. The Kier molecular flexibility index (Phi) is 4.88. The second-order valence-corrected chi connectivity index (χ2v) is 3.93. The van der Waals surface area contributed by atoms with Crippen molar-refractivity contribution >= 4 is 11.9 Å². The number of aryl methyl sites for hydroxylation is 2. The van der Waals surface area contributed by atoms with Crippen molar-refractivity contribution in [3.63, 3.8) is 0 Å². The lowest BCUT2D eigenvalue weighted by molar-refractivity contribution is -0.144. The third kappa shape index (κ3) is 3.32. The van der Waals surface area contributed by atoms with Gasteiger partial charge in [-0.1, -0.05) is 0 Å². The molecule has 1 unspecified atom stereocenters. The molecule has 1 heterocycles. The van der Waals surface area contributed by atoms with Gasteiger partial charge in [-0.2, -0.15) is 5.10 Å². The highest BCUT2D eigenvalue weighted by Crippen LogP contribution is 2.04. The molecule has 0 radical (unpaired) electrons. The van der Waals surface area contributed by atoms with Crippen LogP contribution in [-0.4, -0.2) is 34.3 Å². The molecule has 18 heavy (non-hydrogen) atoms. The third-order valence-corrected chi connectivity index (χ3v) is 2.42. The van der Waals surface area contributed by atoms with Gasteiger partial charge < -0.3 is 10.1 Å². The Balaban J connectivity index is 2.73. The molecule has 6 heteroatoms. The molecule has 1 aromatic heterocycles. The average Bonchev–Trinajstić information content (AvgIpc) is 2.70. The monoisotopic (exact) mass is 253 g/mol. The van der Waals surface area contributed by atoms with E-state index in [0.717, 1.165) is 5.69 Å². The van der Waals surface area contributed by atoms with E-state index in [2.05, 4.69) is 10.4 Å². The number of nitrogens with one attached hydrogen (secondary N) is 1. The van der Waals surface area contributed by atoms with Gasteiger partial charge in [0, 0.05) is 6.54 Å². The summed E-state index contributed by atoms with van der Waals surface area (Å²) in [4.78, 5) is 23.4. The van der Waals surface area contributed by atoms with Gasteiger partial charge in [-0.25, -0.2) is 4.79 Å². The van der Waals surface area contributed by atoms with E-state index >= 15 is 0 Å². The average molecular weight is 253 g/mol. The normalized spacial score (nSPS) is 12.0. The van der Waals surface area contributed by atoms with Gasteiger partial charge in [0.25, 0.3) is 5.91 Å². The summed E-state index contributed by atoms with van der Waals surface area (Å²) in [6.45, 7) is 7.93. The summed E-state index contributed by atoms with van der Waals surface area (Å²) in [6.07, 6.45) is 0. The third-order valence-electron chi connectivity index (χ3n) is 2.42. The lowest BCUT2D eigenvalue weighted by atomic mass is 10.3. The maximum absolute atomic E-state index is 12.0. The highest BCUT2D eigenvalue weighted by molar-refractivity contribution is 5.95. The molecule has 1 atom stereocenters. The van der Waals surface area contributed by atoms with Crippen LogP contribution in [0.15, 0.2) is 6.07 Å². The minimum absolute atomic E-state index is 0.297. The van der Waals surface area contributed by atoms with E-state index < -0.39 is 12.0 Å². The zero-order valence-electron chi connectivity index (χ0n) is 11.2. The molecule has 0 spiro atoms. The Bertz CT molecular complexity index is 440. The van der Waals surface area contributed by atoms with Crippen LogP contribution in [0.5, 0.6) is 0 Å². The van der Waals surface area contributed by atoms with E-state index in [0.29, 0.717) is 18.8 Å². The predicted molar refractivity (Wildman–Crippen MR) is 66.2 cm³/mol. The van der Waals surface area contributed by atoms with Crippen molar-refractivity contribution in [2.24, 2.45) is 0 Å². The number of nitrogens with zero attached hydrogens (tertiary/aromatic N) is 2. The van der Waals surface area contributed by atoms with Crippen LogP contribution >= 0.6 is 0 Å². The van der Waals surface area contributed by atoms with Crippen molar-refractivity contribution in [3.05, 3.63) is 17.5 Å². The zero-order chi connectivity index (χ0) is 13.7. The van der Waals surface area contributed by atoms with Gasteiger partial charge >= 0.3 is 5.97 Å². The van der Waals surface area contributed by atoms with Crippen LogP contribution in [0.4, 0.5) is 0 Å². The Morgan fingerprint density at radius 2 is 2.17 bits per heavy atom. The molecule has 0 aliphatic heterocycles. The Morgan fingerprint density at radius 3 is 2.72 bits per heavy atom. The van der Waals surface area contributed by atoms with E-state index in [1.165, 1.54) is 0 Å². The number of hydrogen-bond acceptors (Lipinski definition) is 4. The Labute approximate surface area is 106 Å². The van der Waals surface area contributed by atoms with E-state index in [4.69, 9.17) is 4.74 Å². The summed E-state index contributed by atoms with van der Waals surface area (Å²) in [6, 6.07) is 1.02. The van der Waals surface area contributed by atoms with Crippen molar-refractivity contribution in [1.29, 1.82) is 0 Å². The van der Waals surface area contributed by atoms with Gasteiger partial charge in [-0.3, -0.25) is 9.48 Å². The number of hydrogen-bond donors (Lipinski definition) is 1. The molecule has 0 aromatic carbocycles. The first kappa shape index (κ1) is 14.2. The highest BCUT2D eigenvalue weighted by Gasteiger charge is 2.20. The van der Waals surface area contributed by atoms with Crippen LogP contribution in [0, 0.1) is 6.92 Å². The SMILES string of the molecule is CCOC(=O)C(C)NC(=O)c1cc(C)nn1CC. The highest BCUT2D eigenvalue weighted by atomic mass is 16.5. The van der Waals surface area contributed by atoms with Gasteiger partial charge in [-0.15, -0.1) is 0 Å². The quantitative estimate of drug-likeness (QED) is 0.791. The molecular weight excluding hydrogens is 234 g/mol. The number of ether oxygens (including phenoxy) is 1. The van der Waals surface area contributed by atoms with E-state index in [-0.39, 0.29) is 5.91 Å². The van der Waals surface area contributed by atoms with Crippen molar-refractivity contribution in [2.45, 2.75) is 40.3 Å². The maximum atomic E-state index is 12.0. The van der Waals surface area contributed by atoms with Crippen LogP contribution < -0.4 is 5.32 Å². The molecule has 1 N–H and O–H groups in total. The first-order chi connectivity index (χ1) is 8.49. The molecule has 0 fully saturated rings. The summed E-state index contributed by atoms with van der Waals surface area (Å²) >= 11 is 0. The largest absolute Gasteiger partial charge is 0.464 e. The van der Waals surface area contributed by atoms with Crippen LogP contribution in [0.25, 0.3) is 0 Å². The number of amides is 1. The van der Waals surface area contributed by atoms with E-state index in [9.17, 15) is 9.59 Å². The van der Waals surface area contributed by atoms with Crippen LogP contribution in [-0.2, 0) is 16.1 Å². The molecule has 100 valence electrons. The molecule has 0 saturated carbocycles. The minimum Gasteiger partial charge on any atom is -0.464 e. The Morgan fingerprint density at radius 1 is 1.50 bits per heavy atom. The number of aromatic nitrogens is 2. The van der Waals surface area contributed by atoms with Crippen molar-refractivity contribution in [1.82, 2.24) is 15.1 Å². The fourth-order valence-corrected chi connectivity index (χ4v) is 1.57. The van der Waals surface area contributed by atoms with Gasteiger partial charge in [0.05, 0.1) is 12.3 Å². The van der Waals surface area contributed by atoms with Gasteiger partial charge in [0.1, 0.15) is 11.7 Å². The molecular formula is C12H19N3O3. The van der Waals surface area contributed by atoms with Crippen molar-refractivity contribution in [2.75, 3.05) is 6.61 Å². The van der Waals surface area contributed by atoms with Crippen LogP contribution in [0.3, 0.4) is 0 Å². The topological polar surface area (TPSA) is 73.2 Å². The molecule has 1 amide bonds. The van der Waals surface area contributed by atoms with Gasteiger partial charge in [0.15, 0.2) is 0 Å². The van der Waals surface area contributed by atoms with Crippen LogP contribution in [0.1, 0.15) is 37.0 Å². The maximum Gasteiger partial charge on any atom is 0.328 e. The summed E-state index contributed by atoms with van der Waals surface area (Å²) in [5.74, 6) is -0.761. The predicted octanol–water partition coefficient (Wildman–Crippen LogP) is 0.893. The lowest BCUT2D eigenvalue weighted by Crippen LogP contribution is -2.40. The van der Waals surface area contributed by atoms with Crippen molar-refractivity contribution in [3.8, 4) is 0 Å². The number of carbonyl (C=O) groups is 2.